The first-order chi connectivity index (χ1) is 19.5. The number of fused-ring (bicyclic) bond motifs is 1. The Kier molecular flexibility index (Phi) is 7.91. The quantitative estimate of drug-likeness (QED) is 0.298. The maximum absolute atomic E-state index is 14.1. The van der Waals surface area contributed by atoms with Gasteiger partial charge >= 0.3 is 11.7 Å². The van der Waals surface area contributed by atoms with E-state index in [1.165, 1.54) is 42.2 Å². The van der Waals surface area contributed by atoms with Crippen molar-refractivity contribution < 1.29 is 28.9 Å². The normalized spacial score (nSPS) is 18.5. The van der Waals surface area contributed by atoms with Crippen LogP contribution in [0.3, 0.4) is 0 Å². The molecule has 1 saturated carbocycles. The van der Waals surface area contributed by atoms with Crippen LogP contribution in [0.5, 0.6) is 5.75 Å². The molecule has 0 spiro atoms. The Morgan fingerprint density at radius 1 is 1.22 bits per heavy atom. The topological polar surface area (TPSA) is 146 Å². The van der Waals surface area contributed by atoms with Crippen molar-refractivity contribution in [2.75, 3.05) is 7.11 Å². The SMILES string of the molecule is COc1ccccc1C(Cn1c(=O)n(C(C)(C)C(=O)O)c(=O)c2c(C)c(-c3ncco3)sc21)OC1CCC(O)CC1. The van der Waals surface area contributed by atoms with Gasteiger partial charge in [-0.3, -0.25) is 9.36 Å². The molecule has 2 N–H and O–H groups in total. The molecule has 1 unspecified atom stereocenters. The Morgan fingerprint density at radius 3 is 2.56 bits per heavy atom. The van der Waals surface area contributed by atoms with Crippen LogP contribution in [0, 0.1) is 6.92 Å². The molecule has 1 aliphatic carbocycles. The van der Waals surface area contributed by atoms with Crippen molar-refractivity contribution in [1.82, 2.24) is 14.1 Å². The highest BCUT2D eigenvalue weighted by atomic mass is 32.1. The highest BCUT2D eigenvalue weighted by Crippen LogP contribution is 2.38. The molecule has 12 heteroatoms. The molecule has 4 aromatic rings. The van der Waals surface area contributed by atoms with Crippen molar-refractivity contribution in [2.24, 2.45) is 0 Å². The lowest BCUT2D eigenvalue weighted by molar-refractivity contribution is -0.146. The molecule has 0 amide bonds. The molecular weight excluding hydrogens is 550 g/mol. The fourth-order valence-corrected chi connectivity index (χ4v) is 6.60. The summed E-state index contributed by atoms with van der Waals surface area (Å²) in [5.41, 5.74) is -2.05. The van der Waals surface area contributed by atoms with E-state index in [1.54, 1.807) is 20.1 Å². The van der Waals surface area contributed by atoms with Gasteiger partial charge in [0.25, 0.3) is 5.56 Å². The maximum Gasteiger partial charge on any atom is 0.333 e. The number of aryl methyl sites for hydroxylation is 1. The van der Waals surface area contributed by atoms with Crippen LogP contribution in [0.2, 0.25) is 0 Å². The number of methoxy groups -OCH3 is 1. The largest absolute Gasteiger partial charge is 0.496 e. The molecule has 218 valence electrons. The molecule has 0 radical (unpaired) electrons. The number of oxazole rings is 1. The number of aliphatic hydroxyl groups excluding tert-OH is 1. The van der Waals surface area contributed by atoms with Crippen LogP contribution in [-0.4, -0.2) is 49.6 Å². The summed E-state index contributed by atoms with van der Waals surface area (Å²) in [6.45, 7) is 4.36. The first kappa shape index (κ1) is 28.8. The Labute approximate surface area is 239 Å². The summed E-state index contributed by atoms with van der Waals surface area (Å²) >= 11 is 1.18. The molecule has 1 fully saturated rings. The first-order valence-electron chi connectivity index (χ1n) is 13.4. The monoisotopic (exact) mass is 583 g/mol. The summed E-state index contributed by atoms with van der Waals surface area (Å²) < 4.78 is 20.0. The third-order valence-corrected chi connectivity index (χ3v) is 9.06. The summed E-state index contributed by atoms with van der Waals surface area (Å²) in [6, 6.07) is 7.35. The van der Waals surface area contributed by atoms with Gasteiger partial charge in [-0.15, -0.1) is 11.3 Å². The van der Waals surface area contributed by atoms with E-state index in [0.29, 0.717) is 58.2 Å². The van der Waals surface area contributed by atoms with Gasteiger partial charge in [-0.1, -0.05) is 18.2 Å². The van der Waals surface area contributed by atoms with Crippen molar-refractivity contribution in [2.45, 2.75) is 76.9 Å². The number of hydrogen-bond acceptors (Lipinski definition) is 9. The molecule has 3 aromatic heterocycles. The number of carbonyl (C=O) groups is 1. The maximum atomic E-state index is 14.1. The van der Waals surface area contributed by atoms with E-state index in [1.807, 2.05) is 18.2 Å². The second kappa shape index (κ2) is 11.3. The fourth-order valence-electron chi connectivity index (χ4n) is 5.36. The van der Waals surface area contributed by atoms with Crippen LogP contribution < -0.4 is 16.0 Å². The number of rotatable bonds is 9. The van der Waals surface area contributed by atoms with Crippen molar-refractivity contribution >= 4 is 27.5 Å². The fraction of sp³-hybridized carbons (Fsp3) is 0.448. The number of ether oxygens (including phenoxy) is 2. The Hall–Kier alpha value is -3.74. The van der Waals surface area contributed by atoms with Crippen LogP contribution in [0.1, 0.15) is 56.8 Å². The van der Waals surface area contributed by atoms with E-state index in [0.717, 1.165) is 4.57 Å². The lowest BCUT2D eigenvalue weighted by Crippen LogP contribution is -2.52. The number of benzene rings is 1. The third-order valence-electron chi connectivity index (χ3n) is 7.76. The summed E-state index contributed by atoms with van der Waals surface area (Å²) in [5, 5.41) is 20.2. The highest BCUT2D eigenvalue weighted by Gasteiger charge is 2.36. The molecule has 41 heavy (non-hydrogen) atoms. The van der Waals surface area contributed by atoms with Crippen molar-refractivity contribution in [3.05, 3.63) is 68.7 Å². The van der Waals surface area contributed by atoms with Crippen LogP contribution in [0.15, 0.2) is 50.7 Å². The minimum absolute atomic E-state index is 0.0181. The number of hydrogen-bond donors (Lipinski definition) is 2. The van der Waals surface area contributed by atoms with Crippen LogP contribution >= 0.6 is 11.3 Å². The number of aliphatic carboxylic acids is 1. The van der Waals surface area contributed by atoms with Gasteiger partial charge in [0.1, 0.15) is 28.5 Å². The number of carboxylic acid groups (broad SMARTS) is 1. The third kappa shape index (κ3) is 5.22. The molecule has 11 nitrogen and oxygen atoms in total. The van der Waals surface area contributed by atoms with E-state index in [9.17, 15) is 24.6 Å². The van der Waals surface area contributed by atoms with Gasteiger partial charge < -0.3 is 24.1 Å². The molecule has 1 atom stereocenters. The molecule has 3 heterocycles. The Balaban J connectivity index is 1.74. The average Bonchev–Trinajstić information content (AvgIpc) is 3.59. The van der Waals surface area contributed by atoms with Gasteiger partial charge in [-0.2, -0.15) is 0 Å². The average molecular weight is 584 g/mol. The number of nitrogens with zero attached hydrogens (tertiary/aromatic N) is 3. The minimum atomic E-state index is -1.83. The van der Waals surface area contributed by atoms with Crippen LogP contribution in [0.4, 0.5) is 0 Å². The van der Waals surface area contributed by atoms with Gasteiger partial charge in [0.15, 0.2) is 0 Å². The summed E-state index contributed by atoms with van der Waals surface area (Å²) in [5.74, 6) is -0.453. The predicted molar refractivity (Wildman–Crippen MR) is 153 cm³/mol. The smallest absolute Gasteiger partial charge is 0.333 e. The zero-order valence-corrected chi connectivity index (χ0v) is 24.1. The van der Waals surface area contributed by atoms with Gasteiger partial charge in [0.05, 0.1) is 42.3 Å². The number of thiophene rings is 1. The van der Waals surface area contributed by atoms with Gasteiger partial charge in [0, 0.05) is 5.56 Å². The van der Waals surface area contributed by atoms with E-state index in [2.05, 4.69) is 4.98 Å². The Morgan fingerprint density at radius 2 is 1.93 bits per heavy atom. The number of aromatic nitrogens is 3. The lowest BCUT2D eigenvalue weighted by Gasteiger charge is -2.31. The van der Waals surface area contributed by atoms with Gasteiger partial charge in [0.2, 0.25) is 5.89 Å². The van der Waals surface area contributed by atoms with Crippen molar-refractivity contribution in [3.8, 4) is 16.5 Å². The van der Waals surface area contributed by atoms with Crippen molar-refractivity contribution in [1.29, 1.82) is 0 Å². The van der Waals surface area contributed by atoms with E-state index in [-0.39, 0.29) is 24.1 Å². The first-order valence-corrected chi connectivity index (χ1v) is 14.2. The number of carboxylic acids is 1. The second-order valence-corrected chi connectivity index (χ2v) is 11.8. The van der Waals surface area contributed by atoms with E-state index < -0.39 is 28.9 Å². The zero-order chi connectivity index (χ0) is 29.5. The van der Waals surface area contributed by atoms with E-state index in [4.69, 9.17) is 13.9 Å². The van der Waals surface area contributed by atoms with Gasteiger partial charge in [-0.25, -0.2) is 19.1 Å². The highest BCUT2D eigenvalue weighted by molar-refractivity contribution is 7.22. The van der Waals surface area contributed by atoms with Gasteiger partial charge in [-0.05, 0) is 58.1 Å². The Bertz CT molecular complexity index is 1680. The molecule has 0 bridgehead atoms. The predicted octanol–water partition coefficient (Wildman–Crippen LogP) is 4.08. The van der Waals surface area contributed by atoms with Crippen molar-refractivity contribution in [3.63, 3.8) is 0 Å². The number of para-hydroxylation sites is 1. The number of aliphatic hydroxyl groups is 1. The van der Waals surface area contributed by atoms with E-state index >= 15 is 0 Å². The summed E-state index contributed by atoms with van der Waals surface area (Å²) in [6.07, 6.45) is 4.20. The lowest BCUT2D eigenvalue weighted by atomic mass is 9.94. The standard InChI is InChI=1S/C29H33N3O8S/c1-16-22-25(34)32(29(2,3)27(35)36)28(37)31(26(22)41-23(16)24-30-13-14-39-24)15-21(19-7-5-6-8-20(19)38-4)40-18-11-9-17(33)10-12-18/h5-8,13-14,17-18,21,33H,9-12,15H2,1-4H3,(H,35,36). The van der Waals surface area contributed by atoms with Crippen LogP contribution in [0.25, 0.3) is 21.0 Å². The molecule has 1 aliphatic rings. The minimum Gasteiger partial charge on any atom is -0.496 e. The summed E-state index contributed by atoms with van der Waals surface area (Å²) in [4.78, 5) is 45.4. The second-order valence-electron chi connectivity index (χ2n) is 10.8. The molecule has 0 aliphatic heterocycles. The molecular formula is C29H33N3O8S. The van der Waals surface area contributed by atoms with Crippen LogP contribution in [-0.2, 0) is 21.6 Å². The molecule has 0 saturated heterocycles. The molecule has 1 aromatic carbocycles. The zero-order valence-electron chi connectivity index (χ0n) is 23.3. The summed E-state index contributed by atoms with van der Waals surface area (Å²) in [7, 11) is 1.55. The molecule has 5 rings (SSSR count).